The highest BCUT2D eigenvalue weighted by Gasteiger charge is 2.28. The van der Waals surface area contributed by atoms with Crippen LogP contribution in [0.1, 0.15) is 31.7 Å². The van der Waals surface area contributed by atoms with E-state index in [0.29, 0.717) is 22.9 Å². The number of nitrogens with zero attached hydrogens (tertiary/aromatic N) is 2. The van der Waals surface area contributed by atoms with Gasteiger partial charge in [0.25, 0.3) is 10.0 Å². The molecule has 0 radical (unpaired) electrons. The van der Waals surface area contributed by atoms with Gasteiger partial charge < -0.3 is 9.47 Å². The molecule has 1 N–H and O–H groups in total. The lowest BCUT2D eigenvalue weighted by atomic mass is 10.3. The SMILES string of the molecule is COc1ccc(NS(=O)(=O)c2cn(C3CCCC3)nc2-c2cccs2)c(OC)c1. The smallest absolute Gasteiger partial charge is 0.265 e. The Kier molecular flexibility index (Phi) is 5.51. The lowest BCUT2D eigenvalue weighted by Gasteiger charge is -2.13. The zero-order valence-electron chi connectivity index (χ0n) is 16.3. The molecule has 7 nitrogen and oxygen atoms in total. The summed E-state index contributed by atoms with van der Waals surface area (Å²) in [5, 5.41) is 6.59. The number of rotatable bonds is 7. The van der Waals surface area contributed by atoms with Crippen molar-refractivity contribution >= 4 is 27.0 Å². The predicted octanol–water partition coefficient (Wildman–Crippen LogP) is 4.54. The van der Waals surface area contributed by atoms with Gasteiger partial charge in [-0.3, -0.25) is 9.40 Å². The molecule has 0 amide bonds. The van der Waals surface area contributed by atoms with Crippen LogP contribution < -0.4 is 14.2 Å². The van der Waals surface area contributed by atoms with Gasteiger partial charge >= 0.3 is 0 Å². The standard InChI is InChI=1S/C20H23N3O4S2/c1-26-15-9-10-16(17(12-15)27-2)22-29(24,25)19-13-23(14-6-3-4-7-14)21-20(19)18-8-5-11-28-18/h5,8-14,22H,3-4,6-7H2,1-2H3. The van der Waals surface area contributed by atoms with Crippen LogP contribution >= 0.6 is 11.3 Å². The second-order valence-electron chi connectivity index (χ2n) is 6.91. The second kappa shape index (κ2) is 8.08. The summed E-state index contributed by atoms with van der Waals surface area (Å²) in [4.78, 5) is 0.994. The summed E-state index contributed by atoms with van der Waals surface area (Å²) in [6, 6.07) is 8.97. The number of methoxy groups -OCH3 is 2. The minimum absolute atomic E-state index is 0.171. The van der Waals surface area contributed by atoms with Crippen molar-refractivity contribution in [3.8, 4) is 22.1 Å². The minimum Gasteiger partial charge on any atom is -0.497 e. The Labute approximate surface area is 174 Å². The highest BCUT2D eigenvalue weighted by Crippen LogP contribution is 2.36. The Hall–Kier alpha value is -2.52. The average Bonchev–Trinajstić information content (AvgIpc) is 3.48. The van der Waals surface area contributed by atoms with Gasteiger partial charge in [0, 0.05) is 12.3 Å². The third-order valence-electron chi connectivity index (χ3n) is 5.09. The maximum absolute atomic E-state index is 13.3. The largest absolute Gasteiger partial charge is 0.497 e. The van der Waals surface area contributed by atoms with Gasteiger partial charge in [-0.05, 0) is 36.4 Å². The molecule has 1 aliphatic rings. The normalized spacial score (nSPS) is 14.8. The van der Waals surface area contributed by atoms with Gasteiger partial charge in [-0.2, -0.15) is 5.10 Å². The van der Waals surface area contributed by atoms with Crippen LogP contribution in [0, 0.1) is 0 Å². The first-order chi connectivity index (χ1) is 14.0. The maximum Gasteiger partial charge on any atom is 0.265 e. The maximum atomic E-state index is 13.3. The van der Waals surface area contributed by atoms with Gasteiger partial charge in [0.15, 0.2) is 0 Å². The number of benzene rings is 1. The van der Waals surface area contributed by atoms with Crippen LogP contribution in [0.25, 0.3) is 10.6 Å². The fraction of sp³-hybridized carbons (Fsp3) is 0.350. The van der Waals surface area contributed by atoms with E-state index in [1.807, 2.05) is 22.2 Å². The molecule has 29 heavy (non-hydrogen) atoms. The van der Waals surface area contributed by atoms with Gasteiger partial charge in [-0.1, -0.05) is 18.9 Å². The Bertz CT molecular complexity index is 1090. The molecule has 0 atom stereocenters. The van der Waals surface area contributed by atoms with Crippen LogP contribution in [0.3, 0.4) is 0 Å². The van der Waals surface area contributed by atoms with Crippen molar-refractivity contribution in [2.24, 2.45) is 0 Å². The van der Waals surface area contributed by atoms with E-state index in [9.17, 15) is 8.42 Å². The van der Waals surface area contributed by atoms with Crippen molar-refractivity contribution in [2.45, 2.75) is 36.6 Å². The molecular formula is C20H23N3O4S2. The number of thiophene rings is 1. The van der Waals surface area contributed by atoms with Crippen LogP contribution in [-0.2, 0) is 10.0 Å². The summed E-state index contributed by atoms with van der Waals surface area (Å²) in [6.45, 7) is 0. The molecule has 0 spiro atoms. The number of aromatic nitrogens is 2. The summed E-state index contributed by atoms with van der Waals surface area (Å²) in [5.41, 5.74) is 0.825. The van der Waals surface area contributed by atoms with Gasteiger partial charge in [0.2, 0.25) is 0 Å². The highest BCUT2D eigenvalue weighted by atomic mass is 32.2. The molecule has 154 valence electrons. The molecule has 1 fully saturated rings. The summed E-state index contributed by atoms with van der Waals surface area (Å²) in [5.74, 6) is 0.965. The van der Waals surface area contributed by atoms with Gasteiger partial charge in [0.1, 0.15) is 22.1 Å². The molecule has 0 aliphatic heterocycles. The number of hydrogen-bond donors (Lipinski definition) is 1. The summed E-state index contributed by atoms with van der Waals surface area (Å²) in [7, 11) is -0.846. The van der Waals surface area contributed by atoms with Crippen molar-refractivity contribution in [1.82, 2.24) is 9.78 Å². The number of hydrogen-bond acceptors (Lipinski definition) is 6. The zero-order valence-corrected chi connectivity index (χ0v) is 17.9. The molecule has 1 aromatic carbocycles. The quantitative estimate of drug-likeness (QED) is 0.591. The topological polar surface area (TPSA) is 82.5 Å². The molecule has 2 heterocycles. The van der Waals surface area contributed by atoms with Crippen molar-refractivity contribution in [1.29, 1.82) is 0 Å². The molecule has 1 saturated carbocycles. The molecule has 9 heteroatoms. The Balaban J connectivity index is 1.74. The average molecular weight is 434 g/mol. The Morgan fingerprint density at radius 1 is 1.17 bits per heavy atom. The third-order valence-corrected chi connectivity index (χ3v) is 7.34. The molecule has 3 aromatic rings. The second-order valence-corrected chi connectivity index (χ2v) is 9.51. The molecule has 0 saturated heterocycles. The zero-order chi connectivity index (χ0) is 20.4. The summed E-state index contributed by atoms with van der Waals surface area (Å²) < 4.78 is 41.6. The summed E-state index contributed by atoms with van der Waals surface area (Å²) in [6.07, 6.45) is 5.98. The third kappa shape index (κ3) is 3.97. The van der Waals surface area contributed by atoms with Crippen LogP contribution in [0.4, 0.5) is 5.69 Å². The van der Waals surface area contributed by atoms with Crippen LogP contribution in [-0.4, -0.2) is 32.4 Å². The van der Waals surface area contributed by atoms with E-state index in [1.165, 1.54) is 18.4 Å². The lowest BCUT2D eigenvalue weighted by molar-refractivity contribution is 0.395. The van der Waals surface area contributed by atoms with Crippen molar-refractivity contribution < 1.29 is 17.9 Å². The molecule has 1 aliphatic carbocycles. The number of sulfonamides is 1. The van der Waals surface area contributed by atoms with E-state index in [1.54, 1.807) is 31.5 Å². The van der Waals surface area contributed by atoms with E-state index in [-0.39, 0.29) is 10.9 Å². The van der Waals surface area contributed by atoms with Crippen LogP contribution in [0.5, 0.6) is 11.5 Å². The Morgan fingerprint density at radius 2 is 1.97 bits per heavy atom. The van der Waals surface area contributed by atoms with Gasteiger partial charge in [-0.25, -0.2) is 8.42 Å². The van der Waals surface area contributed by atoms with Crippen molar-refractivity contribution in [2.75, 3.05) is 18.9 Å². The number of nitrogens with one attached hydrogen (secondary N) is 1. The van der Waals surface area contributed by atoms with Crippen LogP contribution in [0.15, 0.2) is 46.8 Å². The van der Waals surface area contributed by atoms with Crippen molar-refractivity contribution in [3.05, 3.63) is 41.9 Å². The van der Waals surface area contributed by atoms with E-state index < -0.39 is 10.0 Å². The van der Waals surface area contributed by atoms with Gasteiger partial charge in [-0.15, -0.1) is 11.3 Å². The summed E-state index contributed by atoms with van der Waals surface area (Å²) >= 11 is 1.47. The Morgan fingerprint density at radius 3 is 2.62 bits per heavy atom. The molecule has 0 bridgehead atoms. The van der Waals surface area contributed by atoms with E-state index in [2.05, 4.69) is 9.82 Å². The van der Waals surface area contributed by atoms with Gasteiger partial charge in [0.05, 0.1) is 30.8 Å². The number of ether oxygens (including phenoxy) is 2. The predicted molar refractivity (Wildman–Crippen MR) is 113 cm³/mol. The van der Waals surface area contributed by atoms with E-state index in [4.69, 9.17) is 9.47 Å². The monoisotopic (exact) mass is 433 g/mol. The molecule has 0 unspecified atom stereocenters. The number of anilines is 1. The lowest BCUT2D eigenvalue weighted by Crippen LogP contribution is -2.14. The van der Waals surface area contributed by atoms with E-state index in [0.717, 1.165) is 30.6 Å². The van der Waals surface area contributed by atoms with Crippen LogP contribution in [0.2, 0.25) is 0 Å². The van der Waals surface area contributed by atoms with Crippen molar-refractivity contribution in [3.63, 3.8) is 0 Å². The first kappa shape index (κ1) is 19.8. The van der Waals surface area contributed by atoms with E-state index >= 15 is 0 Å². The fourth-order valence-electron chi connectivity index (χ4n) is 3.59. The molecule has 2 aromatic heterocycles. The fourth-order valence-corrected chi connectivity index (χ4v) is 5.60. The first-order valence-corrected chi connectivity index (χ1v) is 11.8. The minimum atomic E-state index is -3.88. The molecular weight excluding hydrogens is 410 g/mol. The molecule has 4 rings (SSSR count). The highest BCUT2D eigenvalue weighted by molar-refractivity contribution is 7.92. The first-order valence-electron chi connectivity index (χ1n) is 9.39.